The van der Waals surface area contributed by atoms with Crippen molar-refractivity contribution in [3.05, 3.63) is 70.7 Å². The quantitative estimate of drug-likeness (QED) is 0.903. The number of rotatable bonds is 4. The van der Waals surface area contributed by atoms with Crippen LogP contribution < -0.4 is 0 Å². The first-order chi connectivity index (χ1) is 11.1. The summed E-state index contributed by atoms with van der Waals surface area (Å²) >= 11 is 5.88. The van der Waals surface area contributed by atoms with Crippen LogP contribution in [0.1, 0.15) is 30.1 Å². The molecule has 2 N–H and O–H groups in total. The van der Waals surface area contributed by atoms with Gasteiger partial charge in [-0.05, 0) is 36.1 Å². The number of piperidine rings is 1. The minimum Gasteiger partial charge on any atom is -0.387 e. The summed E-state index contributed by atoms with van der Waals surface area (Å²) < 4.78 is 0. The predicted octanol–water partition coefficient (Wildman–Crippen LogP) is 3.36. The number of aliphatic hydroxyl groups excluding tert-OH is 1. The molecule has 122 valence electrons. The summed E-state index contributed by atoms with van der Waals surface area (Å²) in [5.74, 6) is 0. The van der Waals surface area contributed by atoms with Gasteiger partial charge in [-0.3, -0.25) is 0 Å². The molecule has 3 rings (SSSR count). The molecule has 1 aliphatic heterocycles. The Bertz CT molecular complexity index is 622. The first-order valence-corrected chi connectivity index (χ1v) is 8.38. The number of nitrogens with zero attached hydrogens (tertiary/aromatic N) is 1. The number of likely N-dealkylation sites (tertiary alicyclic amines) is 1. The summed E-state index contributed by atoms with van der Waals surface area (Å²) in [7, 11) is 0. The highest BCUT2D eigenvalue weighted by molar-refractivity contribution is 6.30. The van der Waals surface area contributed by atoms with Crippen molar-refractivity contribution >= 4 is 11.6 Å². The van der Waals surface area contributed by atoms with E-state index in [0.29, 0.717) is 24.4 Å². The van der Waals surface area contributed by atoms with E-state index in [1.807, 2.05) is 42.5 Å². The number of halogens is 1. The average molecular weight is 332 g/mol. The Morgan fingerprint density at radius 1 is 1.00 bits per heavy atom. The van der Waals surface area contributed by atoms with E-state index in [0.717, 1.165) is 24.2 Å². The molecule has 0 aliphatic carbocycles. The molecule has 3 nitrogen and oxygen atoms in total. The number of aliphatic hydroxyl groups is 2. The van der Waals surface area contributed by atoms with Crippen LogP contribution >= 0.6 is 11.6 Å². The van der Waals surface area contributed by atoms with E-state index in [-0.39, 0.29) is 0 Å². The summed E-state index contributed by atoms with van der Waals surface area (Å²) in [5.41, 5.74) is 1.11. The lowest BCUT2D eigenvalue weighted by molar-refractivity contribution is -0.0344. The highest BCUT2D eigenvalue weighted by Gasteiger charge is 2.34. The molecule has 1 heterocycles. The van der Waals surface area contributed by atoms with Gasteiger partial charge in [0.1, 0.15) is 0 Å². The lowest BCUT2D eigenvalue weighted by Crippen LogP contribution is -2.43. The minimum atomic E-state index is -0.747. The van der Waals surface area contributed by atoms with E-state index in [2.05, 4.69) is 4.90 Å². The zero-order valence-electron chi connectivity index (χ0n) is 13.0. The Kier molecular flexibility index (Phi) is 5.02. The second-order valence-electron chi connectivity index (χ2n) is 6.27. The molecule has 2 aromatic carbocycles. The fourth-order valence-electron chi connectivity index (χ4n) is 3.18. The van der Waals surface area contributed by atoms with Gasteiger partial charge < -0.3 is 15.1 Å². The van der Waals surface area contributed by atoms with Crippen molar-refractivity contribution in [2.75, 3.05) is 19.6 Å². The van der Waals surface area contributed by atoms with Crippen molar-refractivity contribution in [1.29, 1.82) is 0 Å². The summed E-state index contributed by atoms with van der Waals surface area (Å²) in [6, 6.07) is 17.2. The van der Waals surface area contributed by atoms with Gasteiger partial charge in [0.15, 0.2) is 0 Å². The van der Waals surface area contributed by atoms with E-state index in [1.54, 1.807) is 12.1 Å². The molecule has 0 spiro atoms. The summed E-state index contributed by atoms with van der Waals surface area (Å²) in [4.78, 5) is 2.21. The number of benzene rings is 2. The molecule has 1 unspecified atom stereocenters. The molecule has 0 aromatic heterocycles. The molecule has 1 fully saturated rings. The second kappa shape index (κ2) is 7.02. The Labute approximate surface area is 142 Å². The van der Waals surface area contributed by atoms with Gasteiger partial charge in [-0.2, -0.15) is 0 Å². The van der Waals surface area contributed by atoms with Crippen LogP contribution in [0.15, 0.2) is 54.6 Å². The molecule has 4 heteroatoms. The third-order valence-electron chi connectivity index (χ3n) is 4.68. The molecule has 2 aromatic rings. The molecule has 0 amide bonds. The highest BCUT2D eigenvalue weighted by atomic mass is 35.5. The maximum atomic E-state index is 10.8. The normalized spacial score (nSPS) is 19.4. The van der Waals surface area contributed by atoms with Crippen LogP contribution in [0.4, 0.5) is 0 Å². The molecule has 0 saturated carbocycles. The van der Waals surface area contributed by atoms with E-state index >= 15 is 0 Å². The van der Waals surface area contributed by atoms with Crippen molar-refractivity contribution in [3.8, 4) is 0 Å². The zero-order valence-corrected chi connectivity index (χ0v) is 13.8. The maximum Gasteiger partial charge on any atom is 0.0920 e. The van der Waals surface area contributed by atoms with E-state index in [9.17, 15) is 10.2 Å². The Morgan fingerprint density at radius 3 is 2.22 bits per heavy atom. The molecule has 23 heavy (non-hydrogen) atoms. The number of hydrogen-bond donors (Lipinski definition) is 2. The smallest absolute Gasteiger partial charge is 0.0920 e. The summed E-state index contributed by atoms with van der Waals surface area (Å²) in [5, 5.41) is 21.9. The van der Waals surface area contributed by atoms with Crippen LogP contribution in [-0.2, 0) is 5.60 Å². The number of β-amino-alcohol motifs (C(OH)–C–C–N with tert-alkyl or cyclic N) is 1. The van der Waals surface area contributed by atoms with Crippen molar-refractivity contribution < 1.29 is 10.2 Å². The molecular formula is C19H22ClNO2. The number of hydrogen-bond acceptors (Lipinski definition) is 3. The molecule has 1 aliphatic rings. The average Bonchev–Trinajstić information content (AvgIpc) is 2.58. The van der Waals surface area contributed by atoms with Gasteiger partial charge in [-0.1, -0.05) is 54.1 Å². The van der Waals surface area contributed by atoms with Crippen LogP contribution in [0.3, 0.4) is 0 Å². The maximum absolute atomic E-state index is 10.8. The fraction of sp³-hybridized carbons (Fsp3) is 0.368. The van der Waals surface area contributed by atoms with Gasteiger partial charge in [-0.25, -0.2) is 0 Å². The molecule has 0 radical (unpaired) electrons. The predicted molar refractivity (Wildman–Crippen MR) is 92.4 cm³/mol. The summed E-state index contributed by atoms with van der Waals surface area (Å²) in [6.07, 6.45) is 0.838. The van der Waals surface area contributed by atoms with Crippen molar-refractivity contribution in [2.24, 2.45) is 0 Å². The molecule has 1 atom stereocenters. The molecular weight excluding hydrogens is 310 g/mol. The van der Waals surface area contributed by atoms with E-state index < -0.39 is 11.7 Å². The van der Waals surface area contributed by atoms with Gasteiger partial charge in [0.25, 0.3) is 0 Å². The third-order valence-corrected chi connectivity index (χ3v) is 4.93. The van der Waals surface area contributed by atoms with E-state index in [1.165, 1.54) is 0 Å². The van der Waals surface area contributed by atoms with Crippen LogP contribution in [0.2, 0.25) is 5.02 Å². The topological polar surface area (TPSA) is 43.7 Å². The zero-order chi connectivity index (χ0) is 16.3. The second-order valence-corrected chi connectivity index (χ2v) is 6.70. The van der Waals surface area contributed by atoms with Crippen molar-refractivity contribution in [2.45, 2.75) is 24.5 Å². The van der Waals surface area contributed by atoms with Crippen LogP contribution in [0, 0.1) is 0 Å². The van der Waals surface area contributed by atoms with Crippen molar-refractivity contribution in [1.82, 2.24) is 4.90 Å². The third kappa shape index (κ3) is 3.93. The fourth-order valence-corrected chi connectivity index (χ4v) is 3.30. The van der Waals surface area contributed by atoms with Gasteiger partial charge in [0, 0.05) is 24.7 Å². The van der Waals surface area contributed by atoms with Gasteiger partial charge >= 0.3 is 0 Å². The standard InChI is InChI=1S/C19H22ClNO2/c20-17-8-6-15(7-9-17)18(22)14-21-12-10-19(23,11-13-21)16-4-2-1-3-5-16/h1-9,18,22-23H,10-14H2. The van der Waals surface area contributed by atoms with Gasteiger partial charge in [0.2, 0.25) is 0 Å². The van der Waals surface area contributed by atoms with Gasteiger partial charge in [0.05, 0.1) is 11.7 Å². The van der Waals surface area contributed by atoms with Gasteiger partial charge in [-0.15, -0.1) is 0 Å². The van der Waals surface area contributed by atoms with Crippen LogP contribution in [-0.4, -0.2) is 34.7 Å². The summed E-state index contributed by atoms with van der Waals surface area (Å²) in [6.45, 7) is 2.12. The SMILES string of the molecule is OC(CN1CCC(O)(c2ccccc2)CC1)c1ccc(Cl)cc1. The van der Waals surface area contributed by atoms with E-state index in [4.69, 9.17) is 11.6 Å². The lowest BCUT2D eigenvalue weighted by Gasteiger charge is -2.39. The Balaban J connectivity index is 1.58. The lowest BCUT2D eigenvalue weighted by atomic mass is 9.84. The minimum absolute atomic E-state index is 0.532. The highest BCUT2D eigenvalue weighted by Crippen LogP contribution is 2.33. The molecule has 0 bridgehead atoms. The first-order valence-electron chi connectivity index (χ1n) is 8.01. The first kappa shape index (κ1) is 16.5. The van der Waals surface area contributed by atoms with Crippen molar-refractivity contribution in [3.63, 3.8) is 0 Å². The molecule has 1 saturated heterocycles. The van der Waals surface area contributed by atoms with Crippen LogP contribution in [0.25, 0.3) is 0 Å². The monoisotopic (exact) mass is 331 g/mol. The Hall–Kier alpha value is -1.39. The van der Waals surface area contributed by atoms with Crippen LogP contribution in [0.5, 0.6) is 0 Å². The largest absolute Gasteiger partial charge is 0.387 e. The Morgan fingerprint density at radius 2 is 1.61 bits per heavy atom.